The summed E-state index contributed by atoms with van der Waals surface area (Å²) >= 11 is 0. The molecule has 1 spiro atoms. The monoisotopic (exact) mass is 295 g/mol. The Morgan fingerprint density at radius 3 is 2.59 bits per heavy atom. The molecule has 0 radical (unpaired) electrons. The van der Waals surface area contributed by atoms with Crippen LogP contribution in [0.25, 0.3) is 11.3 Å². The molecule has 1 aromatic carbocycles. The number of hydrogen-bond donors (Lipinski definition) is 3. The molecule has 0 aliphatic heterocycles. The molecule has 0 bridgehead atoms. The van der Waals surface area contributed by atoms with Gasteiger partial charge in [0.1, 0.15) is 5.82 Å². The highest BCUT2D eigenvalue weighted by Crippen LogP contribution is 2.51. The van der Waals surface area contributed by atoms with Crippen molar-refractivity contribution in [1.29, 1.82) is 0 Å². The first-order valence-electron chi connectivity index (χ1n) is 7.96. The van der Waals surface area contributed by atoms with E-state index >= 15 is 0 Å². The van der Waals surface area contributed by atoms with E-state index in [0.29, 0.717) is 11.8 Å². The Morgan fingerprint density at radius 1 is 1.05 bits per heavy atom. The van der Waals surface area contributed by atoms with E-state index in [9.17, 15) is 0 Å². The zero-order valence-electron chi connectivity index (χ0n) is 12.6. The minimum absolute atomic E-state index is 0.0964. The van der Waals surface area contributed by atoms with Crippen LogP contribution in [0.1, 0.15) is 43.2 Å². The topological polar surface area (TPSA) is 89.8 Å². The minimum atomic E-state index is 0.0964. The first-order chi connectivity index (χ1) is 10.7. The summed E-state index contributed by atoms with van der Waals surface area (Å²) in [6, 6.07) is 8.49. The van der Waals surface area contributed by atoms with Crippen molar-refractivity contribution in [1.82, 2.24) is 9.97 Å². The van der Waals surface area contributed by atoms with Gasteiger partial charge in [-0.1, -0.05) is 43.5 Å². The standard InChI is InChI=1S/C17H21N5/c18-15-13-14(20-16(21-15)22-19)12-7-3-2-6-11(12)10-17(13)8-4-1-5-9-17/h2-3,6-7H,1,4-5,8-10,19H2,(H3,18,20,21,22). The smallest absolute Gasteiger partial charge is 0.239 e. The molecule has 2 aliphatic rings. The fourth-order valence-electron chi connectivity index (χ4n) is 4.27. The Hall–Kier alpha value is -2.14. The van der Waals surface area contributed by atoms with E-state index in [0.717, 1.165) is 30.5 Å². The summed E-state index contributed by atoms with van der Waals surface area (Å²) in [6.07, 6.45) is 7.17. The van der Waals surface area contributed by atoms with E-state index in [1.165, 1.54) is 30.4 Å². The number of benzene rings is 1. The van der Waals surface area contributed by atoms with E-state index < -0.39 is 0 Å². The van der Waals surface area contributed by atoms with Crippen molar-refractivity contribution in [2.24, 2.45) is 5.84 Å². The van der Waals surface area contributed by atoms with Crippen LogP contribution in [0.2, 0.25) is 0 Å². The zero-order chi connectivity index (χ0) is 15.2. The third kappa shape index (κ3) is 1.89. The lowest BCUT2D eigenvalue weighted by Gasteiger charge is -2.42. The Morgan fingerprint density at radius 2 is 1.82 bits per heavy atom. The van der Waals surface area contributed by atoms with Gasteiger partial charge in [-0.25, -0.2) is 10.8 Å². The van der Waals surface area contributed by atoms with Crippen LogP contribution in [-0.2, 0) is 11.8 Å². The van der Waals surface area contributed by atoms with Gasteiger partial charge < -0.3 is 5.73 Å². The molecular formula is C17H21N5. The molecule has 114 valence electrons. The molecule has 1 aromatic heterocycles. The van der Waals surface area contributed by atoms with Crippen molar-refractivity contribution < 1.29 is 0 Å². The molecule has 0 atom stereocenters. The van der Waals surface area contributed by atoms with Gasteiger partial charge in [-0.3, -0.25) is 5.43 Å². The molecule has 1 saturated carbocycles. The normalized spacial score (nSPS) is 18.6. The summed E-state index contributed by atoms with van der Waals surface area (Å²) in [4.78, 5) is 9.01. The maximum atomic E-state index is 6.33. The van der Waals surface area contributed by atoms with Crippen LogP contribution < -0.4 is 17.0 Å². The fraction of sp³-hybridized carbons (Fsp3) is 0.412. The summed E-state index contributed by atoms with van der Waals surface area (Å²) in [5, 5.41) is 0. The number of anilines is 2. The molecule has 1 fully saturated rings. The van der Waals surface area contributed by atoms with Crippen molar-refractivity contribution >= 4 is 11.8 Å². The van der Waals surface area contributed by atoms with Gasteiger partial charge in [-0.05, 0) is 24.8 Å². The van der Waals surface area contributed by atoms with Gasteiger partial charge in [0.25, 0.3) is 0 Å². The highest BCUT2D eigenvalue weighted by molar-refractivity contribution is 5.77. The first kappa shape index (κ1) is 13.5. The maximum absolute atomic E-state index is 6.33. The molecule has 5 N–H and O–H groups in total. The van der Waals surface area contributed by atoms with Crippen molar-refractivity contribution in [3.05, 3.63) is 35.4 Å². The zero-order valence-corrected chi connectivity index (χ0v) is 12.6. The van der Waals surface area contributed by atoms with E-state index in [1.54, 1.807) is 0 Å². The Labute approximate surface area is 130 Å². The van der Waals surface area contributed by atoms with Crippen molar-refractivity contribution in [3.63, 3.8) is 0 Å². The number of nitrogens with zero attached hydrogens (tertiary/aromatic N) is 2. The molecule has 5 nitrogen and oxygen atoms in total. The average Bonchev–Trinajstić information content (AvgIpc) is 2.55. The molecular weight excluding hydrogens is 274 g/mol. The van der Waals surface area contributed by atoms with Crippen LogP contribution in [0.4, 0.5) is 11.8 Å². The molecule has 0 unspecified atom stereocenters. The second kappa shape index (κ2) is 4.95. The molecule has 0 saturated heterocycles. The Kier molecular flexibility index (Phi) is 3.04. The molecule has 0 amide bonds. The van der Waals surface area contributed by atoms with E-state index in [4.69, 9.17) is 11.6 Å². The van der Waals surface area contributed by atoms with Gasteiger partial charge in [-0.15, -0.1) is 0 Å². The molecule has 4 rings (SSSR count). The number of nitrogens with one attached hydrogen (secondary N) is 1. The van der Waals surface area contributed by atoms with E-state index in [-0.39, 0.29) is 5.41 Å². The molecule has 2 aliphatic carbocycles. The lowest BCUT2D eigenvalue weighted by Crippen LogP contribution is -2.36. The number of hydrazine groups is 1. The summed E-state index contributed by atoms with van der Waals surface area (Å²) in [5.41, 5.74) is 13.6. The van der Waals surface area contributed by atoms with Gasteiger partial charge in [0.2, 0.25) is 5.95 Å². The maximum Gasteiger partial charge on any atom is 0.239 e. The van der Waals surface area contributed by atoms with Crippen molar-refractivity contribution in [2.75, 3.05) is 11.2 Å². The Balaban J connectivity index is 2.00. The Bertz CT molecular complexity index is 719. The van der Waals surface area contributed by atoms with Crippen LogP contribution in [-0.4, -0.2) is 9.97 Å². The number of nitrogens with two attached hydrogens (primary N) is 2. The SMILES string of the molecule is NNc1nc(N)c2c(n1)-c1ccccc1CC21CCCCC1. The van der Waals surface area contributed by atoms with Crippen LogP contribution in [0.15, 0.2) is 24.3 Å². The van der Waals surface area contributed by atoms with Crippen LogP contribution in [0, 0.1) is 0 Å². The summed E-state index contributed by atoms with van der Waals surface area (Å²) < 4.78 is 0. The largest absolute Gasteiger partial charge is 0.383 e. The average molecular weight is 295 g/mol. The second-order valence-electron chi connectivity index (χ2n) is 6.48. The summed E-state index contributed by atoms with van der Waals surface area (Å²) in [6.45, 7) is 0. The van der Waals surface area contributed by atoms with Crippen molar-refractivity contribution in [3.8, 4) is 11.3 Å². The predicted molar refractivity (Wildman–Crippen MR) is 88.2 cm³/mol. The van der Waals surface area contributed by atoms with E-state index in [1.807, 2.05) is 0 Å². The molecule has 5 heteroatoms. The quantitative estimate of drug-likeness (QED) is 0.556. The van der Waals surface area contributed by atoms with Crippen LogP contribution in [0.5, 0.6) is 0 Å². The third-order valence-electron chi connectivity index (χ3n) is 5.21. The number of nitrogen functional groups attached to an aromatic ring is 2. The number of hydrogen-bond acceptors (Lipinski definition) is 5. The van der Waals surface area contributed by atoms with Crippen LogP contribution in [0.3, 0.4) is 0 Å². The van der Waals surface area contributed by atoms with Crippen molar-refractivity contribution in [2.45, 2.75) is 43.9 Å². The van der Waals surface area contributed by atoms with Gasteiger partial charge >= 0.3 is 0 Å². The number of aromatic nitrogens is 2. The highest BCUT2D eigenvalue weighted by Gasteiger charge is 2.42. The predicted octanol–water partition coefficient (Wildman–Crippen LogP) is 2.77. The molecule has 1 heterocycles. The molecule has 2 aromatic rings. The highest BCUT2D eigenvalue weighted by atomic mass is 15.3. The number of fused-ring (bicyclic) bond motifs is 4. The lowest BCUT2D eigenvalue weighted by atomic mass is 9.62. The minimum Gasteiger partial charge on any atom is -0.383 e. The van der Waals surface area contributed by atoms with E-state index in [2.05, 4.69) is 39.7 Å². The lowest BCUT2D eigenvalue weighted by molar-refractivity contribution is 0.288. The van der Waals surface area contributed by atoms with Gasteiger partial charge in [0.05, 0.1) is 5.69 Å². The molecule has 22 heavy (non-hydrogen) atoms. The first-order valence-corrected chi connectivity index (χ1v) is 7.96. The van der Waals surface area contributed by atoms with Crippen LogP contribution >= 0.6 is 0 Å². The second-order valence-corrected chi connectivity index (χ2v) is 6.48. The third-order valence-corrected chi connectivity index (χ3v) is 5.21. The van der Waals surface area contributed by atoms with Gasteiger partial charge in [0.15, 0.2) is 0 Å². The fourth-order valence-corrected chi connectivity index (χ4v) is 4.27. The van der Waals surface area contributed by atoms with Gasteiger partial charge in [0, 0.05) is 16.5 Å². The number of rotatable bonds is 1. The summed E-state index contributed by atoms with van der Waals surface area (Å²) in [5.74, 6) is 6.48. The van der Waals surface area contributed by atoms with Gasteiger partial charge in [-0.2, -0.15) is 4.98 Å². The summed E-state index contributed by atoms with van der Waals surface area (Å²) in [7, 11) is 0.